The van der Waals surface area contributed by atoms with Crippen LogP contribution in [-0.2, 0) is 4.74 Å². The summed E-state index contributed by atoms with van der Waals surface area (Å²) in [6.45, 7) is 0.819. The van der Waals surface area contributed by atoms with Crippen molar-refractivity contribution >= 4 is 34.5 Å². The van der Waals surface area contributed by atoms with Gasteiger partial charge in [-0.15, -0.1) is 0 Å². The molecule has 2 saturated heterocycles. The van der Waals surface area contributed by atoms with Gasteiger partial charge in [0.05, 0.1) is 17.5 Å². The molecule has 0 bridgehead atoms. The van der Waals surface area contributed by atoms with Crippen molar-refractivity contribution in [1.29, 1.82) is 0 Å². The molecule has 0 aromatic heterocycles. The molecule has 2 fully saturated rings. The van der Waals surface area contributed by atoms with Crippen LogP contribution in [0.5, 0.6) is 0 Å². The summed E-state index contributed by atoms with van der Waals surface area (Å²) >= 11 is 11.2. The van der Waals surface area contributed by atoms with Gasteiger partial charge in [-0.2, -0.15) is 0 Å². The fourth-order valence-corrected chi connectivity index (χ4v) is 2.74. The van der Waals surface area contributed by atoms with Crippen LogP contribution in [0.3, 0.4) is 0 Å². The van der Waals surface area contributed by atoms with E-state index in [9.17, 15) is 0 Å². The van der Waals surface area contributed by atoms with Crippen LogP contribution in [0.1, 0.15) is 6.42 Å². The molecule has 78 valence electrons. The summed E-state index contributed by atoms with van der Waals surface area (Å²) in [7, 11) is 0. The molecule has 2 heterocycles. The van der Waals surface area contributed by atoms with Gasteiger partial charge in [-0.1, -0.05) is 23.8 Å². The van der Waals surface area contributed by atoms with Gasteiger partial charge >= 0.3 is 0 Å². The van der Waals surface area contributed by atoms with Gasteiger partial charge in [0.15, 0.2) is 0 Å². The fraction of sp³-hybridized carbons (Fsp3) is 0.364. The van der Waals surface area contributed by atoms with Crippen LogP contribution >= 0.6 is 23.8 Å². The Hall–Kier alpha value is -0.640. The quantitative estimate of drug-likeness (QED) is 0.700. The van der Waals surface area contributed by atoms with Crippen molar-refractivity contribution in [3.8, 4) is 0 Å². The molecule has 2 nitrogen and oxygen atoms in total. The first kappa shape index (κ1) is 9.58. The summed E-state index contributed by atoms with van der Waals surface area (Å²) < 4.78 is 5.62. The minimum absolute atomic E-state index is 0.165. The molecule has 2 aliphatic heterocycles. The van der Waals surface area contributed by atoms with E-state index in [1.807, 2.05) is 24.3 Å². The lowest BCUT2D eigenvalue weighted by Crippen LogP contribution is -2.58. The highest BCUT2D eigenvalue weighted by atomic mass is 35.5. The Morgan fingerprint density at radius 3 is 2.80 bits per heavy atom. The van der Waals surface area contributed by atoms with Gasteiger partial charge < -0.3 is 9.64 Å². The van der Waals surface area contributed by atoms with Crippen LogP contribution in [0.4, 0.5) is 5.69 Å². The molecule has 0 saturated carbocycles. The molecule has 0 aliphatic carbocycles. The molecular weight excluding hydrogens is 230 g/mol. The molecule has 2 atom stereocenters. The number of hydrogen-bond donors (Lipinski definition) is 0. The zero-order chi connectivity index (χ0) is 10.4. The Labute approximate surface area is 98.8 Å². The van der Waals surface area contributed by atoms with Gasteiger partial charge in [-0.3, -0.25) is 0 Å². The van der Waals surface area contributed by atoms with E-state index in [1.54, 1.807) is 0 Å². The fourth-order valence-electron chi connectivity index (χ4n) is 2.17. The number of nitrogens with zero attached hydrogens (tertiary/aromatic N) is 1. The summed E-state index contributed by atoms with van der Waals surface area (Å²) in [5.74, 6) is 0.454. The molecule has 15 heavy (non-hydrogen) atoms. The van der Waals surface area contributed by atoms with Crippen molar-refractivity contribution in [3.63, 3.8) is 0 Å². The van der Waals surface area contributed by atoms with Crippen LogP contribution in [0.15, 0.2) is 24.3 Å². The normalized spacial score (nSPS) is 28.9. The van der Waals surface area contributed by atoms with Gasteiger partial charge in [0.2, 0.25) is 0 Å². The zero-order valence-electron chi connectivity index (χ0n) is 8.02. The average Bonchev–Trinajstić information content (AvgIpc) is 2.65. The summed E-state index contributed by atoms with van der Waals surface area (Å²) in [5.41, 5.74) is 1.08. The molecular formula is C11H10ClNOS. The Morgan fingerprint density at radius 2 is 2.07 bits per heavy atom. The van der Waals surface area contributed by atoms with Crippen LogP contribution < -0.4 is 4.90 Å². The third-order valence-corrected chi connectivity index (χ3v) is 3.73. The average molecular weight is 240 g/mol. The van der Waals surface area contributed by atoms with Crippen molar-refractivity contribution in [2.75, 3.05) is 11.5 Å². The number of benzene rings is 1. The minimum Gasteiger partial charge on any atom is -0.357 e. The Kier molecular flexibility index (Phi) is 2.20. The highest BCUT2D eigenvalue weighted by Crippen LogP contribution is 2.40. The lowest BCUT2D eigenvalue weighted by Gasteiger charge is -2.45. The molecule has 1 aromatic rings. The maximum absolute atomic E-state index is 5.84. The van der Waals surface area contributed by atoms with E-state index in [4.69, 9.17) is 28.6 Å². The number of ether oxygens (including phenoxy) is 1. The Balaban J connectivity index is 1.89. The number of thiocarbonyl (C=S) groups is 1. The molecule has 1 aromatic carbocycles. The van der Waals surface area contributed by atoms with Crippen molar-refractivity contribution in [2.45, 2.75) is 12.6 Å². The highest BCUT2D eigenvalue weighted by Gasteiger charge is 2.48. The van der Waals surface area contributed by atoms with Crippen molar-refractivity contribution in [1.82, 2.24) is 0 Å². The highest BCUT2D eigenvalue weighted by molar-refractivity contribution is 7.80. The van der Waals surface area contributed by atoms with E-state index in [2.05, 4.69) is 4.90 Å². The van der Waals surface area contributed by atoms with Gasteiger partial charge in [0.1, 0.15) is 6.23 Å². The number of rotatable bonds is 1. The first-order valence-electron chi connectivity index (χ1n) is 4.97. The van der Waals surface area contributed by atoms with Crippen molar-refractivity contribution in [2.24, 2.45) is 5.92 Å². The largest absolute Gasteiger partial charge is 0.357 e. The second-order valence-corrected chi connectivity index (χ2v) is 4.70. The predicted octanol–water partition coefficient (Wildman–Crippen LogP) is 2.85. The topological polar surface area (TPSA) is 12.5 Å². The zero-order valence-corrected chi connectivity index (χ0v) is 9.59. The van der Waals surface area contributed by atoms with E-state index in [1.165, 1.54) is 0 Å². The molecule has 0 radical (unpaired) electrons. The first-order valence-corrected chi connectivity index (χ1v) is 5.76. The maximum atomic E-state index is 5.84. The Morgan fingerprint density at radius 1 is 1.33 bits per heavy atom. The molecule has 0 spiro atoms. The summed E-state index contributed by atoms with van der Waals surface area (Å²) in [4.78, 5) is 3.07. The molecule has 0 amide bonds. The number of halogens is 1. The van der Waals surface area contributed by atoms with Crippen LogP contribution in [0.2, 0.25) is 5.02 Å². The van der Waals surface area contributed by atoms with E-state index in [-0.39, 0.29) is 6.23 Å². The van der Waals surface area contributed by atoms with Gasteiger partial charge in [0, 0.05) is 10.7 Å². The third-order valence-electron chi connectivity index (χ3n) is 2.98. The van der Waals surface area contributed by atoms with E-state index in [0.29, 0.717) is 5.92 Å². The van der Waals surface area contributed by atoms with Gasteiger partial charge in [0.25, 0.3) is 0 Å². The summed E-state index contributed by atoms with van der Waals surface area (Å²) in [5, 5.41) is 0.745. The summed E-state index contributed by atoms with van der Waals surface area (Å²) in [6, 6.07) is 7.71. The van der Waals surface area contributed by atoms with Gasteiger partial charge in [-0.25, -0.2) is 0 Å². The second-order valence-electron chi connectivity index (χ2n) is 3.84. The molecule has 2 unspecified atom stereocenters. The van der Waals surface area contributed by atoms with Crippen LogP contribution in [-0.4, -0.2) is 17.8 Å². The Bertz CT molecular complexity index is 406. The molecule has 3 rings (SSSR count). The SMILES string of the molecule is S=C1C2CCOC2N1c1ccc(Cl)cc1. The lowest BCUT2D eigenvalue weighted by molar-refractivity contribution is 0.0932. The number of fused-ring (bicyclic) bond motifs is 1. The first-order chi connectivity index (χ1) is 7.27. The molecule has 4 heteroatoms. The molecule has 0 N–H and O–H groups in total. The van der Waals surface area contributed by atoms with Crippen molar-refractivity contribution in [3.05, 3.63) is 29.3 Å². The van der Waals surface area contributed by atoms with E-state index >= 15 is 0 Å². The lowest BCUT2D eigenvalue weighted by atomic mass is 9.95. The summed E-state index contributed by atoms with van der Waals surface area (Å²) in [6.07, 6.45) is 1.23. The van der Waals surface area contributed by atoms with Gasteiger partial charge in [-0.05, 0) is 30.7 Å². The molecule has 2 aliphatic rings. The smallest absolute Gasteiger partial charge is 0.144 e. The second kappa shape index (κ2) is 3.44. The van der Waals surface area contributed by atoms with Crippen molar-refractivity contribution < 1.29 is 4.74 Å². The minimum atomic E-state index is 0.165. The standard InChI is InChI=1S/C11H10ClNOS/c12-7-1-3-8(4-2-7)13-10-9(11(13)15)5-6-14-10/h1-4,9-10H,5-6H2. The van der Waals surface area contributed by atoms with Crippen LogP contribution in [0.25, 0.3) is 0 Å². The van der Waals surface area contributed by atoms with Crippen LogP contribution in [0, 0.1) is 5.92 Å². The maximum Gasteiger partial charge on any atom is 0.144 e. The number of anilines is 1. The monoisotopic (exact) mass is 239 g/mol. The third kappa shape index (κ3) is 1.38. The number of hydrogen-bond acceptors (Lipinski definition) is 2. The van der Waals surface area contributed by atoms with E-state index < -0.39 is 0 Å². The predicted molar refractivity (Wildman–Crippen MR) is 64.4 cm³/mol. The van der Waals surface area contributed by atoms with E-state index in [0.717, 1.165) is 28.7 Å².